The maximum absolute atomic E-state index is 4.55. The standard InChI is InChI=1S/C17H20N2S/c1-5-11-19(6-2)14(4)16-12-18-17(20-16)15-9-7-13(3)8-10-15/h5-12,14H,2H2,1,3-4H3. The molecular weight excluding hydrogens is 264 g/mol. The van der Waals surface area contributed by atoms with Crippen molar-refractivity contribution in [3.8, 4) is 10.6 Å². The topological polar surface area (TPSA) is 16.1 Å². The average molecular weight is 284 g/mol. The molecule has 1 unspecified atom stereocenters. The van der Waals surface area contributed by atoms with Crippen LogP contribution in [-0.2, 0) is 0 Å². The van der Waals surface area contributed by atoms with Crippen molar-refractivity contribution in [3.63, 3.8) is 0 Å². The van der Waals surface area contributed by atoms with Crippen LogP contribution in [0.15, 0.2) is 55.5 Å². The first kappa shape index (κ1) is 14.5. The third kappa shape index (κ3) is 3.17. The molecule has 2 aromatic rings. The number of hydrogen-bond donors (Lipinski definition) is 0. The van der Waals surface area contributed by atoms with E-state index >= 15 is 0 Å². The van der Waals surface area contributed by atoms with E-state index in [0.29, 0.717) is 0 Å². The summed E-state index contributed by atoms with van der Waals surface area (Å²) < 4.78 is 0. The Balaban J connectivity index is 2.24. The maximum Gasteiger partial charge on any atom is 0.123 e. The Hall–Kier alpha value is -1.87. The zero-order chi connectivity index (χ0) is 14.5. The molecule has 0 spiro atoms. The van der Waals surface area contributed by atoms with Gasteiger partial charge in [0, 0.05) is 16.6 Å². The van der Waals surface area contributed by atoms with Crippen molar-refractivity contribution in [2.75, 3.05) is 0 Å². The van der Waals surface area contributed by atoms with Gasteiger partial charge in [-0.2, -0.15) is 0 Å². The minimum absolute atomic E-state index is 0.250. The number of rotatable bonds is 5. The molecule has 0 N–H and O–H groups in total. The van der Waals surface area contributed by atoms with E-state index in [1.807, 2.05) is 31.6 Å². The summed E-state index contributed by atoms with van der Waals surface area (Å²) in [5, 5.41) is 1.07. The second-order valence-electron chi connectivity index (χ2n) is 4.72. The minimum atomic E-state index is 0.250. The summed E-state index contributed by atoms with van der Waals surface area (Å²) in [7, 11) is 0. The quantitative estimate of drug-likeness (QED) is 0.754. The molecule has 0 aliphatic carbocycles. The monoisotopic (exact) mass is 284 g/mol. The van der Waals surface area contributed by atoms with Gasteiger partial charge in [-0.3, -0.25) is 0 Å². The number of hydrogen-bond acceptors (Lipinski definition) is 3. The largest absolute Gasteiger partial charge is 0.347 e. The second kappa shape index (κ2) is 6.53. The van der Waals surface area contributed by atoms with Gasteiger partial charge in [0.15, 0.2) is 0 Å². The molecule has 2 rings (SSSR count). The molecule has 104 valence electrons. The van der Waals surface area contributed by atoms with Crippen LogP contribution in [0.3, 0.4) is 0 Å². The highest BCUT2D eigenvalue weighted by Gasteiger charge is 2.14. The first-order valence-electron chi connectivity index (χ1n) is 6.71. The SMILES string of the molecule is C=CN(C=CC)C(C)c1cnc(-c2ccc(C)cc2)s1. The highest BCUT2D eigenvalue weighted by atomic mass is 32.1. The van der Waals surface area contributed by atoms with Gasteiger partial charge in [0.05, 0.1) is 6.04 Å². The summed E-state index contributed by atoms with van der Waals surface area (Å²) >= 11 is 1.74. The Morgan fingerprint density at radius 3 is 2.60 bits per heavy atom. The van der Waals surface area contributed by atoms with Crippen molar-refractivity contribution in [1.29, 1.82) is 0 Å². The van der Waals surface area contributed by atoms with Crippen LogP contribution in [0.1, 0.15) is 30.3 Å². The number of allylic oxidation sites excluding steroid dienone is 1. The minimum Gasteiger partial charge on any atom is -0.347 e. The molecule has 0 radical (unpaired) electrons. The van der Waals surface area contributed by atoms with E-state index in [1.165, 1.54) is 16.0 Å². The van der Waals surface area contributed by atoms with Gasteiger partial charge in [0.25, 0.3) is 0 Å². The first-order chi connectivity index (χ1) is 9.65. The predicted octanol–water partition coefficient (Wildman–Crippen LogP) is 5.16. The van der Waals surface area contributed by atoms with Crippen LogP contribution in [-0.4, -0.2) is 9.88 Å². The number of aromatic nitrogens is 1. The van der Waals surface area contributed by atoms with E-state index in [0.717, 1.165) is 5.01 Å². The summed E-state index contributed by atoms with van der Waals surface area (Å²) in [5.41, 5.74) is 2.44. The van der Waals surface area contributed by atoms with Crippen LogP contribution < -0.4 is 0 Å². The molecule has 0 aliphatic heterocycles. The molecule has 1 heterocycles. The molecule has 0 saturated heterocycles. The van der Waals surface area contributed by atoms with Crippen molar-refractivity contribution in [3.05, 3.63) is 66.0 Å². The van der Waals surface area contributed by atoms with Gasteiger partial charge in [-0.15, -0.1) is 11.3 Å². The van der Waals surface area contributed by atoms with Crippen LogP contribution in [0.5, 0.6) is 0 Å². The molecule has 0 fully saturated rings. The molecule has 0 amide bonds. The summed E-state index contributed by atoms with van der Waals surface area (Å²) in [6.07, 6.45) is 7.85. The summed E-state index contributed by atoms with van der Waals surface area (Å²) in [4.78, 5) is 7.87. The van der Waals surface area contributed by atoms with E-state index in [2.05, 4.69) is 54.6 Å². The Morgan fingerprint density at radius 1 is 1.30 bits per heavy atom. The molecule has 20 heavy (non-hydrogen) atoms. The molecule has 2 nitrogen and oxygen atoms in total. The predicted molar refractivity (Wildman–Crippen MR) is 87.6 cm³/mol. The van der Waals surface area contributed by atoms with Crippen molar-refractivity contribution >= 4 is 11.3 Å². The average Bonchev–Trinajstić information content (AvgIpc) is 2.94. The normalized spacial score (nSPS) is 12.6. The van der Waals surface area contributed by atoms with Crippen molar-refractivity contribution in [1.82, 2.24) is 9.88 Å². The number of thiazole rings is 1. The van der Waals surface area contributed by atoms with Gasteiger partial charge in [0.1, 0.15) is 5.01 Å². The third-order valence-corrected chi connectivity index (χ3v) is 4.43. The lowest BCUT2D eigenvalue weighted by atomic mass is 10.2. The van der Waals surface area contributed by atoms with Gasteiger partial charge >= 0.3 is 0 Å². The fraction of sp³-hybridized carbons (Fsp3) is 0.235. The molecule has 1 atom stereocenters. The zero-order valence-corrected chi connectivity index (χ0v) is 13.0. The lowest BCUT2D eigenvalue weighted by Crippen LogP contribution is -2.13. The van der Waals surface area contributed by atoms with Crippen molar-refractivity contribution in [2.45, 2.75) is 26.8 Å². The molecule has 3 heteroatoms. The van der Waals surface area contributed by atoms with Gasteiger partial charge in [-0.25, -0.2) is 4.98 Å². The smallest absolute Gasteiger partial charge is 0.123 e. The van der Waals surface area contributed by atoms with Crippen LogP contribution in [0, 0.1) is 6.92 Å². The van der Waals surface area contributed by atoms with Crippen molar-refractivity contribution < 1.29 is 0 Å². The Labute approximate surface area is 125 Å². The molecule has 1 aromatic heterocycles. The van der Waals surface area contributed by atoms with Crippen LogP contribution in [0.4, 0.5) is 0 Å². The van der Waals surface area contributed by atoms with Gasteiger partial charge in [0.2, 0.25) is 0 Å². The van der Waals surface area contributed by atoms with Gasteiger partial charge < -0.3 is 4.90 Å². The highest BCUT2D eigenvalue weighted by molar-refractivity contribution is 7.15. The summed E-state index contributed by atoms with van der Waals surface area (Å²) in [6.45, 7) is 10.1. The van der Waals surface area contributed by atoms with E-state index in [9.17, 15) is 0 Å². The summed E-state index contributed by atoms with van der Waals surface area (Å²) in [5.74, 6) is 0. The van der Waals surface area contributed by atoms with E-state index < -0.39 is 0 Å². The fourth-order valence-corrected chi connectivity index (χ4v) is 2.96. The lowest BCUT2D eigenvalue weighted by molar-refractivity contribution is 0.408. The maximum atomic E-state index is 4.55. The Bertz CT molecular complexity index is 596. The molecule has 0 bridgehead atoms. The number of aryl methyl sites for hydroxylation is 1. The lowest BCUT2D eigenvalue weighted by Gasteiger charge is -2.22. The molecular formula is C17H20N2S. The van der Waals surface area contributed by atoms with Gasteiger partial charge in [-0.05, 0) is 33.2 Å². The Kier molecular flexibility index (Phi) is 4.74. The first-order valence-corrected chi connectivity index (χ1v) is 7.53. The van der Waals surface area contributed by atoms with E-state index in [4.69, 9.17) is 0 Å². The molecule has 0 aliphatic rings. The van der Waals surface area contributed by atoms with E-state index in [-0.39, 0.29) is 6.04 Å². The van der Waals surface area contributed by atoms with Crippen LogP contribution >= 0.6 is 11.3 Å². The van der Waals surface area contributed by atoms with Crippen LogP contribution in [0.2, 0.25) is 0 Å². The number of benzene rings is 1. The molecule has 0 saturated carbocycles. The second-order valence-corrected chi connectivity index (χ2v) is 5.78. The highest BCUT2D eigenvalue weighted by Crippen LogP contribution is 2.31. The molecule has 1 aromatic carbocycles. The fourth-order valence-electron chi connectivity index (χ4n) is 1.98. The van der Waals surface area contributed by atoms with Gasteiger partial charge in [-0.1, -0.05) is 42.5 Å². The number of nitrogens with zero attached hydrogens (tertiary/aromatic N) is 2. The Morgan fingerprint density at radius 2 is 2.00 bits per heavy atom. The van der Waals surface area contributed by atoms with E-state index in [1.54, 1.807) is 11.3 Å². The zero-order valence-electron chi connectivity index (χ0n) is 12.2. The van der Waals surface area contributed by atoms with Crippen molar-refractivity contribution in [2.24, 2.45) is 0 Å². The van der Waals surface area contributed by atoms with Crippen LogP contribution in [0.25, 0.3) is 10.6 Å². The third-order valence-electron chi connectivity index (χ3n) is 3.21. The summed E-state index contributed by atoms with van der Waals surface area (Å²) in [6, 6.07) is 8.74.